The van der Waals surface area contributed by atoms with Crippen LogP contribution < -0.4 is 4.74 Å². The van der Waals surface area contributed by atoms with Gasteiger partial charge in [-0.1, -0.05) is 59.1 Å². The molecule has 3 aromatic rings. The number of hydrogen-bond acceptors (Lipinski definition) is 5. The number of carbonyl (C=O) groups excluding carboxylic acids is 1. The number of halogens is 3. The Morgan fingerprint density at radius 3 is 1.97 bits per heavy atom. The predicted molar refractivity (Wildman–Crippen MR) is 147 cm³/mol. The molecule has 193 valence electrons. The van der Waals surface area contributed by atoms with Crippen LogP contribution in [-0.2, 0) is 25.7 Å². The zero-order valence-corrected chi connectivity index (χ0v) is 23.6. The molecule has 2 atom stereocenters. The molecule has 6 nitrogen and oxygen atoms in total. The number of amidine groups is 1. The van der Waals surface area contributed by atoms with E-state index in [1.54, 1.807) is 31.2 Å². The normalized spacial score (nSPS) is 21.6. The lowest BCUT2D eigenvalue weighted by Gasteiger charge is -2.43. The Morgan fingerprint density at radius 2 is 1.49 bits per heavy atom. The van der Waals surface area contributed by atoms with Gasteiger partial charge in [-0.2, -0.15) is 0 Å². The van der Waals surface area contributed by atoms with Gasteiger partial charge in [0.2, 0.25) is 0 Å². The van der Waals surface area contributed by atoms with Crippen LogP contribution in [0.3, 0.4) is 0 Å². The van der Waals surface area contributed by atoms with Crippen molar-refractivity contribution in [2.24, 2.45) is 4.99 Å². The minimum atomic E-state index is -3.70. The topological polar surface area (TPSA) is 76.0 Å². The average Bonchev–Trinajstić information content (AvgIpc) is 3.07. The van der Waals surface area contributed by atoms with Crippen LogP contribution in [0.4, 0.5) is 0 Å². The monoisotopic (exact) mass is 577 g/mol. The molecule has 1 aliphatic rings. The van der Waals surface area contributed by atoms with Crippen LogP contribution in [-0.4, -0.2) is 38.4 Å². The number of amides is 1. The highest BCUT2D eigenvalue weighted by atomic mass is 35.5. The van der Waals surface area contributed by atoms with Crippen LogP contribution in [0.2, 0.25) is 15.1 Å². The third kappa shape index (κ3) is 4.63. The molecule has 0 aromatic heterocycles. The molecule has 0 saturated heterocycles. The second-order valence-electron chi connectivity index (χ2n) is 9.00. The van der Waals surface area contributed by atoms with E-state index in [0.29, 0.717) is 15.6 Å². The summed E-state index contributed by atoms with van der Waals surface area (Å²) in [6.45, 7) is 5.84. The maximum absolute atomic E-state index is 12.7. The maximum Gasteiger partial charge on any atom is 0.319 e. The molecule has 10 heteroatoms. The van der Waals surface area contributed by atoms with Crippen LogP contribution in [0, 0.1) is 0 Å². The van der Waals surface area contributed by atoms with Crippen molar-refractivity contribution in [3.8, 4) is 5.75 Å². The molecule has 0 unspecified atom stereocenters. The zero-order valence-electron chi connectivity index (χ0n) is 20.6. The molecule has 1 radical (unpaired) electrons. The van der Waals surface area contributed by atoms with Gasteiger partial charge in [0.1, 0.15) is 22.7 Å². The van der Waals surface area contributed by atoms with Crippen LogP contribution in [0.5, 0.6) is 5.75 Å². The van der Waals surface area contributed by atoms with Crippen molar-refractivity contribution in [1.29, 1.82) is 0 Å². The molecule has 37 heavy (non-hydrogen) atoms. The zero-order chi connectivity index (χ0) is 27.2. The van der Waals surface area contributed by atoms with E-state index < -0.39 is 20.9 Å². The van der Waals surface area contributed by atoms with E-state index in [1.807, 2.05) is 38.1 Å². The Hall–Kier alpha value is -2.58. The molecule has 0 spiro atoms. The van der Waals surface area contributed by atoms with Crippen LogP contribution >= 0.6 is 34.8 Å². The standard InChI is InChI=1S/C27H24Cl3N2O4S/c1-5-36-23-15-22(30)24(37(4,34)35)14-21(23)25-31-26(2,17-6-10-19(28)11-7-17)27(3,32(25)16-33)18-8-12-20(29)13-9-18/h6-15H,5H2,1-4H3/t26-,27+/m0/s1. The number of benzene rings is 3. The van der Waals surface area contributed by atoms with E-state index >= 15 is 0 Å². The average molecular weight is 579 g/mol. The number of ether oxygens (including phenoxy) is 1. The Bertz CT molecular complexity index is 1490. The van der Waals surface area contributed by atoms with Crippen LogP contribution in [0.25, 0.3) is 0 Å². The molecule has 0 saturated carbocycles. The van der Waals surface area contributed by atoms with Crippen molar-refractivity contribution >= 4 is 56.9 Å². The molecular formula is C27H24Cl3N2O4S. The van der Waals surface area contributed by atoms with Gasteiger partial charge in [0, 0.05) is 22.4 Å². The Balaban J connectivity index is 2.07. The summed E-state index contributed by atoms with van der Waals surface area (Å²) < 4.78 is 30.9. The van der Waals surface area contributed by atoms with E-state index in [1.165, 1.54) is 17.0 Å². The van der Waals surface area contributed by atoms with Gasteiger partial charge in [-0.15, -0.1) is 0 Å². The molecule has 0 N–H and O–H groups in total. The van der Waals surface area contributed by atoms with Gasteiger partial charge in [-0.25, -0.2) is 8.42 Å². The van der Waals surface area contributed by atoms with Gasteiger partial charge in [-0.3, -0.25) is 14.7 Å². The first-order valence-corrected chi connectivity index (χ1v) is 14.4. The highest BCUT2D eigenvalue weighted by Crippen LogP contribution is 2.53. The summed E-state index contributed by atoms with van der Waals surface area (Å²) in [6.07, 6.45) is 3.11. The van der Waals surface area contributed by atoms with Crippen molar-refractivity contribution in [3.63, 3.8) is 0 Å². The van der Waals surface area contributed by atoms with Crippen molar-refractivity contribution in [1.82, 2.24) is 4.90 Å². The molecule has 4 rings (SSSR count). The van der Waals surface area contributed by atoms with E-state index in [4.69, 9.17) is 44.5 Å². The van der Waals surface area contributed by atoms with Gasteiger partial charge < -0.3 is 4.74 Å². The Kier molecular flexibility index (Phi) is 7.38. The number of aliphatic imine (C=N–C) groups is 1. The smallest absolute Gasteiger partial charge is 0.319 e. The number of nitrogens with zero attached hydrogens (tertiary/aromatic N) is 2. The lowest BCUT2D eigenvalue weighted by atomic mass is 9.71. The first-order chi connectivity index (χ1) is 17.4. The van der Waals surface area contributed by atoms with E-state index in [2.05, 4.69) is 6.41 Å². The largest absolute Gasteiger partial charge is 0.493 e. The Morgan fingerprint density at radius 1 is 0.946 bits per heavy atom. The fourth-order valence-electron chi connectivity index (χ4n) is 4.69. The van der Waals surface area contributed by atoms with Crippen LogP contribution in [0.15, 0.2) is 70.6 Å². The predicted octanol–water partition coefficient (Wildman–Crippen LogP) is 6.41. The summed E-state index contributed by atoms with van der Waals surface area (Å²) in [5, 5.41) is 1.10. The maximum atomic E-state index is 12.7. The lowest BCUT2D eigenvalue weighted by molar-refractivity contribution is 0.179. The molecule has 1 aliphatic heterocycles. The SMILES string of the molecule is CCOc1cc(Cl)c(S(C)(=O)=O)cc1C1=N[C@@](C)(c2ccc(Cl)cc2)[C@@](C)(c2ccc(Cl)cc2)N1[C]=O. The summed E-state index contributed by atoms with van der Waals surface area (Å²) in [6, 6.07) is 17.1. The van der Waals surface area contributed by atoms with E-state index in [-0.39, 0.29) is 28.1 Å². The third-order valence-electron chi connectivity index (χ3n) is 6.81. The second-order valence-corrected chi connectivity index (χ2v) is 12.3. The number of rotatable bonds is 7. The molecule has 0 fully saturated rings. The first kappa shape index (κ1) is 27.5. The summed E-state index contributed by atoms with van der Waals surface area (Å²) in [7, 11) is -3.70. The first-order valence-electron chi connectivity index (χ1n) is 11.3. The van der Waals surface area contributed by atoms with Crippen molar-refractivity contribution in [3.05, 3.63) is 92.4 Å². The second kappa shape index (κ2) is 9.95. The molecule has 3 aromatic carbocycles. The summed E-state index contributed by atoms with van der Waals surface area (Å²) in [4.78, 5) is 19.1. The fourth-order valence-corrected chi connectivity index (χ4v) is 6.26. The van der Waals surface area contributed by atoms with Gasteiger partial charge in [0.15, 0.2) is 9.84 Å². The molecular weight excluding hydrogens is 555 g/mol. The summed E-state index contributed by atoms with van der Waals surface area (Å²) in [5.41, 5.74) is -0.330. The highest BCUT2D eigenvalue weighted by Gasteiger charge is 2.58. The van der Waals surface area contributed by atoms with E-state index in [9.17, 15) is 13.2 Å². The highest BCUT2D eigenvalue weighted by molar-refractivity contribution is 7.90. The van der Waals surface area contributed by atoms with Crippen molar-refractivity contribution in [2.45, 2.75) is 36.7 Å². The lowest BCUT2D eigenvalue weighted by Crippen LogP contribution is -2.52. The summed E-state index contributed by atoms with van der Waals surface area (Å²) in [5.74, 6) is 0.479. The molecule has 1 amide bonds. The quantitative estimate of drug-likeness (QED) is 0.325. The minimum absolute atomic E-state index is 0.0101. The fraction of sp³-hybridized carbons (Fsp3) is 0.259. The van der Waals surface area contributed by atoms with Gasteiger partial charge in [0.05, 0.1) is 22.1 Å². The molecule has 0 bridgehead atoms. The van der Waals surface area contributed by atoms with Gasteiger partial charge in [0.25, 0.3) is 0 Å². The van der Waals surface area contributed by atoms with Crippen molar-refractivity contribution in [2.75, 3.05) is 12.9 Å². The molecule has 0 aliphatic carbocycles. The molecule has 1 heterocycles. The van der Waals surface area contributed by atoms with Crippen molar-refractivity contribution < 1.29 is 17.9 Å². The number of sulfone groups is 1. The van der Waals surface area contributed by atoms with Gasteiger partial charge in [-0.05, 0) is 62.2 Å². The van der Waals surface area contributed by atoms with Gasteiger partial charge >= 0.3 is 6.41 Å². The third-order valence-corrected chi connectivity index (χ3v) is 8.88. The van der Waals surface area contributed by atoms with E-state index in [0.717, 1.165) is 17.4 Å². The minimum Gasteiger partial charge on any atom is -0.493 e. The Labute approximate surface area is 231 Å². The summed E-state index contributed by atoms with van der Waals surface area (Å²) >= 11 is 18.7. The van der Waals surface area contributed by atoms with Crippen LogP contribution in [0.1, 0.15) is 37.5 Å². The number of hydrogen-bond donors (Lipinski definition) is 0.